The number of hydrogen-bond donors (Lipinski definition) is 0. The highest BCUT2D eigenvalue weighted by Gasteiger charge is 2.20. The van der Waals surface area contributed by atoms with E-state index in [9.17, 15) is 0 Å². The Morgan fingerprint density at radius 1 is 1.10 bits per heavy atom. The van der Waals surface area contributed by atoms with Crippen LogP contribution >= 0.6 is 27.5 Å². The van der Waals surface area contributed by atoms with Gasteiger partial charge in [-0.2, -0.15) is 0 Å². The quantitative estimate of drug-likeness (QED) is 0.796. The van der Waals surface area contributed by atoms with Gasteiger partial charge in [0.25, 0.3) is 0 Å². The van der Waals surface area contributed by atoms with Crippen LogP contribution in [0.1, 0.15) is 5.56 Å². The zero-order valence-electron chi connectivity index (χ0n) is 11.9. The Morgan fingerprint density at radius 2 is 1.81 bits per heavy atom. The van der Waals surface area contributed by atoms with Gasteiger partial charge >= 0.3 is 0 Å². The molecule has 0 amide bonds. The van der Waals surface area contributed by atoms with Crippen LogP contribution in [0.4, 0.5) is 11.5 Å². The molecule has 0 N–H and O–H groups in total. The Kier molecular flexibility index (Phi) is 4.36. The van der Waals surface area contributed by atoms with Crippen LogP contribution in [-0.2, 0) is 0 Å². The first kappa shape index (κ1) is 14.7. The molecule has 2 aromatic rings. The summed E-state index contributed by atoms with van der Waals surface area (Å²) in [5.74, 6) is 0.975. The van der Waals surface area contributed by atoms with Gasteiger partial charge in [0.05, 0.1) is 9.50 Å². The van der Waals surface area contributed by atoms with Crippen molar-refractivity contribution in [2.75, 3.05) is 36.0 Å². The number of hydrogen-bond acceptors (Lipinski definition) is 3. The van der Waals surface area contributed by atoms with E-state index in [4.69, 9.17) is 11.6 Å². The predicted octanol–water partition coefficient (Wildman–Crippen LogP) is 4.13. The lowest BCUT2D eigenvalue weighted by molar-refractivity contribution is 0.646. The molecule has 110 valence electrons. The van der Waals surface area contributed by atoms with Crippen molar-refractivity contribution in [3.8, 4) is 0 Å². The molecule has 0 spiro atoms. The summed E-state index contributed by atoms with van der Waals surface area (Å²) >= 11 is 9.50. The minimum atomic E-state index is 0.657. The topological polar surface area (TPSA) is 19.4 Å². The number of piperazine rings is 1. The summed E-state index contributed by atoms with van der Waals surface area (Å²) in [5, 5.41) is 0.657. The van der Waals surface area contributed by atoms with Crippen LogP contribution in [-0.4, -0.2) is 31.2 Å². The van der Waals surface area contributed by atoms with Crippen LogP contribution in [0, 0.1) is 6.92 Å². The van der Waals surface area contributed by atoms with Crippen molar-refractivity contribution >= 4 is 39.0 Å². The number of anilines is 2. The molecule has 0 radical (unpaired) electrons. The van der Waals surface area contributed by atoms with Gasteiger partial charge in [0.15, 0.2) is 0 Å². The third kappa shape index (κ3) is 3.33. The van der Waals surface area contributed by atoms with E-state index in [-0.39, 0.29) is 0 Å². The van der Waals surface area contributed by atoms with Gasteiger partial charge in [0, 0.05) is 38.1 Å². The van der Waals surface area contributed by atoms with Gasteiger partial charge in [0.1, 0.15) is 5.82 Å². The molecule has 2 heterocycles. The number of aryl methyl sites for hydroxylation is 1. The fourth-order valence-corrected chi connectivity index (χ4v) is 3.53. The highest BCUT2D eigenvalue weighted by atomic mass is 79.9. The molecular formula is C16H17BrClN3. The van der Waals surface area contributed by atoms with Crippen molar-refractivity contribution in [1.82, 2.24) is 4.98 Å². The molecule has 1 saturated heterocycles. The molecule has 0 saturated carbocycles. The van der Waals surface area contributed by atoms with Gasteiger partial charge in [-0.3, -0.25) is 0 Å². The van der Waals surface area contributed by atoms with Gasteiger partial charge in [-0.25, -0.2) is 4.98 Å². The van der Waals surface area contributed by atoms with E-state index >= 15 is 0 Å². The maximum absolute atomic E-state index is 5.95. The molecule has 1 aromatic heterocycles. The number of aromatic nitrogens is 1. The van der Waals surface area contributed by atoms with E-state index in [1.54, 1.807) is 6.20 Å². The summed E-state index contributed by atoms with van der Waals surface area (Å²) in [5.41, 5.74) is 2.61. The number of nitrogens with zero attached hydrogens (tertiary/aromatic N) is 3. The molecule has 1 fully saturated rings. The highest BCUT2D eigenvalue weighted by Crippen LogP contribution is 2.28. The number of halogens is 2. The Hall–Kier alpha value is -1.26. The first-order valence-electron chi connectivity index (χ1n) is 7.01. The lowest BCUT2D eigenvalue weighted by Crippen LogP contribution is -2.47. The predicted molar refractivity (Wildman–Crippen MR) is 92.6 cm³/mol. The molecule has 0 bridgehead atoms. The molecule has 0 unspecified atom stereocenters. The number of benzene rings is 1. The number of rotatable bonds is 2. The smallest absolute Gasteiger partial charge is 0.143 e. The molecule has 5 heteroatoms. The van der Waals surface area contributed by atoms with E-state index in [0.717, 1.165) is 36.5 Å². The molecule has 0 aliphatic carbocycles. The van der Waals surface area contributed by atoms with E-state index < -0.39 is 0 Å². The number of pyridine rings is 1. The maximum Gasteiger partial charge on any atom is 0.143 e. The maximum atomic E-state index is 5.95. The molecule has 1 aliphatic rings. The van der Waals surface area contributed by atoms with Crippen molar-refractivity contribution in [2.45, 2.75) is 6.92 Å². The molecule has 0 atom stereocenters. The molecule has 3 rings (SSSR count). The van der Waals surface area contributed by atoms with Crippen molar-refractivity contribution in [2.24, 2.45) is 0 Å². The third-order valence-electron chi connectivity index (χ3n) is 3.73. The Balaban J connectivity index is 1.70. The van der Waals surface area contributed by atoms with Gasteiger partial charge in [-0.1, -0.05) is 23.7 Å². The van der Waals surface area contributed by atoms with Crippen molar-refractivity contribution < 1.29 is 0 Å². The van der Waals surface area contributed by atoms with E-state index in [1.165, 1.54) is 11.3 Å². The Labute approximate surface area is 138 Å². The van der Waals surface area contributed by atoms with Crippen LogP contribution in [0.25, 0.3) is 0 Å². The minimum Gasteiger partial charge on any atom is -0.368 e. The van der Waals surface area contributed by atoms with Gasteiger partial charge in [-0.15, -0.1) is 0 Å². The minimum absolute atomic E-state index is 0.657. The van der Waals surface area contributed by atoms with Gasteiger partial charge in [-0.05, 0) is 46.6 Å². The molecule has 1 aliphatic heterocycles. The van der Waals surface area contributed by atoms with Crippen LogP contribution in [0.15, 0.2) is 41.0 Å². The monoisotopic (exact) mass is 365 g/mol. The third-order valence-corrected chi connectivity index (χ3v) is 4.52. The van der Waals surface area contributed by atoms with Gasteiger partial charge in [0.2, 0.25) is 0 Å². The zero-order valence-corrected chi connectivity index (χ0v) is 14.2. The van der Waals surface area contributed by atoms with Crippen LogP contribution in [0.2, 0.25) is 5.02 Å². The highest BCUT2D eigenvalue weighted by molar-refractivity contribution is 9.10. The summed E-state index contributed by atoms with van der Waals surface area (Å²) in [6, 6.07) is 10.6. The fraction of sp³-hybridized carbons (Fsp3) is 0.312. The molecular weight excluding hydrogens is 350 g/mol. The Morgan fingerprint density at radius 3 is 2.48 bits per heavy atom. The summed E-state index contributed by atoms with van der Waals surface area (Å²) in [7, 11) is 0. The van der Waals surface area contributed by atoms with Crippen LogP contribution in [0.5, 0.6) is 0 Å². The largest absolute Gasteiger partial charge is 0.368 e. The van der Waals surface area contributed by atoms with E-state index in [1.807, 2.05) is 6.07 Å². The van der Waals surface area contributed by atoms with Crippen molar-refractivity contribution in [3.63, 3.8) is 0 Å². The lowest BCUT2D eigenvalue weighted by Gasteiger charge is -2.37. The van der Waals surface area contributed by atoms with Crippen molar-refractivity contribution in [3.05, 3.63) is 51.6 Å². The second kappa shape index (κ2) is 6.24. The van der Waals surface area contributed by atoms with Crippen molar-refractivity contribution in [1.29, 1.82) is 0 Å². The summed E-state index contributed by atoms with van der Waals surface area (Å²) in [6.07, 6.45) is 1.70. The standard InChI is InChI=1S/C16H17BrClN3/c1-12-3-2-4-14(9-12)20-5-7-21(8-6-20)16-15(17)10-13(18)11-19-16/h2-4,9-11H,5-8H2,1H3. The second-order valence-corrected chi connectivity index (χ2v) is 6.56. The van der Waals surface area contributed by atoms with E-state index in [0.29, 0.717) is 5.02 Å². The molecule has 3 nitrogen and oxygen atoms in total. The van der Waals surface area contributed by atoms with Gasteiger partial charge < -0.3 is 9.80 Å². The average Bonchev–Trinajstić information content (AvgIpc) is 2.47. The Bertz CT molecular complexity index is 639. The summed E-state index contributed by atoms with van der Waals surface area (Å²) in [6.45, 7) is 6.05. The summed E-state index contributed by atoms with van der Waals surface area (Å²) < 4.78 is 0.957. The van der Waals surface area contributed by atoms with Crippen LogP contribution in [0.3, 0.4) is 0 Å². The molecule has 21 heavy (non-hydrogen) atoms. The summed E-state index contributed by atoms with van der Waals surface area (Å²) in [4.78, 5) is 9.16. The average molecular weight is 367 g/mol. The van der Waals surface area contributed by atoms with Crippen LogP contribution < -0.4 is 9.80 Å². The molecule has 1 aromatic carbocycles. The lowest BCUT2D eigenvalue weighted by atomic mass is 10.2. The normalized spacial score (nSPS) is 15.4. The van der Waals surface area contributed by atoms with E-state index in [2.05, 4.69) is 61.9 Å². The first-order chi connectivity index (χ1) is 10.1. The first-order valence-corrected chi connectivity index (χ1v) is 8.18. The fourth-order valence-electron chi connectivity index (χ4n) is 2.64. The zero-order chi connectivity index (χ0) is 14.8. The SMILES string of the molecule is Cc1cccc(N2CCN(c3ncc(Cl)cc3Br)CC2)c1. The second-order valence-electron chi connectivity index (χ2n) is 5.27.